The third-order valence-corrected chi connectivity index (χ3v) is 8.93. The molecule has 0 radical (unpaired) electrons. The van der Waals surface area contributed by atoms with Crippen LogP contribution in [0.4, 0.5) is 11.4 Å². The van der Waals surface area contributed by atoms with Crippen molar-refractivity contribution < 1.29 is 0 Å². The van der Waals surface area contributed by atoms with E-state index in [1.165, 1.54) is 111 Å². The Morgan fingerprint density at radius 3 is 1.03 bits per heavy atom. The molecule has 0 aliphatic carbocycles. The zero-order valence-electron chi connectivity index (χ0n) is 25.1. The van der Waals surface area contributed by atoms with Gasteiger partial charge in [-0.3, -0.25) is 0 Å². The second kappa shape index (κ2) is 17.2. The summed E-state index contributed by atoms with van der Waals surface area (Å²) in [7, 11) is 0. The molecule has 0 spiro atoms. The van der Waals surface area contributed by atoms with E-state index in [0.717, 1.165) is 25.7 Å². The van der Waals surface area contributed by atoms with Crippen molar-refractivity contribution in [1.82, 2.24) is 0 Å². The fraction of sp³-hybridized carbons (Fsp3) is 0.600. The molecule has 0 saturated heterocycles. The highest BCUT2D eigenvalue weighted by Crippen LogP contribution is 2.43. The van der Waals surface area contributed by atoms with E-state index in [-0.39, 0.29) is 0 Å². The maximum atomic E-state index is 7.16. The van der Waals surface area contributed by atoms with E-state index in [1.807, 2.05) is 0 Å². The zero-order chi connectivity index (χ0) is 28.0. The Labute approximate surface area is 249 Å². The largest absolute Gasteiger partial charge is 0.310 e. The summed E-state index contributed by atoms with van der Waals surface area (Å²) in [4.78, 5) is 4.62. The summed E-state index contributed by atoms with van der Waals surface area (Å²) in [5.74, 6) is 0. The lowest BCUT2D eigenvalue weighted by atomic mass is 9.97. The Bertz CT molecular complexity index is 907. The molecule has 0 bridgehead atoms. The highest BCUT2D eigenvalue weighted by Gasteiger charge is 2.33. The van der Waals surface area contributed by atoms with E-state index >= 15 is 0 Å². The van der Waals surface area contributed by atoms with Crippen LogP contribution in [-0.4, -0.2) is 6.67 Å². The van der Waals surface area contributed by atoms with E-state index < -0.39 is 0 Å². The Kier molecular flexibility index (Phi) is 14.1. The second-order valence-corrected chi connectivity index (χ2v) is 12.0. The zero-order valence-corrected chi connectivity index (χ0v) is 26.6. The molecule has 0 amide bonds. The lowest BCUT2D eigenvalue weighted by Crippen LogP contribution is -2.29. The molecule has 216 valence electrons. The topological polar surface area (TPSA) is 6.48 Å². The van der Waals surface area contributed by atoms with Crippen molar-refractivity contribution in [2.24, 2.45) is 0 Å². The third-order valence-electron chi connectivity index (χ3n) is 8.07. The predicted octanol–water partition coefficient (Wildman–Crippen LogP) is 11.5. The third kappa shape index (κ3) is 8.67. The molecular weight excluding hydrogens is 519 g/mol. The molecule has 2 aromatic carbocycles. The number of aryl methyl sites for hydroxylation is 4. The number of nitrogens with zero attached hydrogens (tertiary/aromatic N) is 2. The van der Waals surface area contributed by atoms with Crippen LogP contribution in [0.25, 0.3) is 0 Å². The molecule has 0 unspecified atom stereocenters. The highest BCUT2D eigenvalue weighted by atomic mass is 35.5. The minimum absolute atomic E-state index is 0.666. The number of halogens is 2. The number of unbranched alkanes of at least 4 members (excludes halogenated alkanes) is 8. The monoisotopic (exact) mass is 570 g/mol. The Balaban J connectivity index is 2.01. The van der Waals surface area contributed by atoms with Crippen LogP contribution >= 0.6 is 23.2 Å². The fourth-order valence-corrected chi connectivity index (χ4v) is 6.36. The first kappa shape index (κ1) is 31.9. The van der Waals surface area contributed by atoms with E-state index in [9.17, 15) is 0 Å². The van der Waals surface area contributed by atoms with Gasteiger partial charge in [-0.25, -0.2) is 0 Å². The molecule has 0 atom stereocenters. The fourth-order valence-electron chi connectivity index (χ4n) is 5.88. The number of para-hydroxylation sites is 2. The summed E-state index contributed by atoms with van der Waals surface area (Å²) in [6, 6.07) is 13.7. The molecule has 39 heavy (non-hydrogen) atoms. The summed E-state index contributed by atoms with van der Waals surface area (Å²) >= 11 is 14.3. The van der Waals surface area contributed by atoms with Gasteiger partial charge in [0.25, 0.3) is 0 Å². The van der Waals surface area contributed by atoms with Gasteiger partial charge in [0.05, 0.1) is 11.4 Å². The average molecular weight is 572 g/mol. The molecule has 2 nitrogen and oxygen atoms in total. The molecule has 0 aromatic heterocycles. The molecule has 4 heteroatoms. The highest BCUT2D eigenvalue weighted by molar-refractivity contribution is 6.42. The number of rotatable bonds is 18. The molecule has 0 fully saturated rings. The lowest BCUT2D eigenvalue weighted by Gasteiger charge is -2.29. The van der Waals surface area contributed by atoms with Crippen LogP contribution in [0.2, 0.25) is 0 Å². The number of hydrogen-bond acceptors (Lipinski definition) is 2. The number of hydrogen-bond donors (Lipinski definition) is 0. The quantitative estimate of drug-likeness (QED) is 0.130. The van der Waals surface area contributed by atoms with Gasteiger partial charge in [-0.05, 0) is 73.6 Å². The molecule has 0 N–H and O–H groups in total. The van der Waals surface area contributed by atoms with Gasteiger partial charge in [-0.2, -0.15) is 0 Å². The summed E-state index contributed by atoms with van der Waals surface area (Å²) in [6.07, 6.45) is 19.1. The Hall–Kier alpha value is -1.64. The first-order chi connectivity index (χ1) is 19.1. The van der Waals surface area contributed by atoms with Gasteiger partial charge < -0.3 is 9.80 Å². The molecule has 1 aliphatic rings. The maximum Gasteiger partial charge on any atom is 0.146 e. The van der Waals surface area contributed by atoms with Crippen molar-refractivity contribution in [3.63, 3.8) is 0 Å². The SMILES string of the molecule is CCCCCc1cccc(CCCCC)c1N1CN(c2c(CCCCC)cccc2CCCCC)C(Cl)=C1Cl. The predicted molar refractivity (Wildman–Crippen MR) is 174 cm³/mol. The Morgan fingerprint density at radius 2 is 0.769 bits per heavy atom. The lowest BCUT2D eigenvalue weighted by molar-refractivity contribution is 0.704. The molecule has 0 saturated carbocycles. The van der Waals surface area contributed by atoms with E-state index in [0.29, 0.717) is 17.0 Å². The standard InChI is InChI=1S/C35H52Cl2N2/c1-5-9-13-19-28-23-17-24-29(20-14-10-6-2)32(28)38-27-39(35(37)34(38)36)33-30(21-15-11-7-3)25-18-26-31(33)22-16-12-8-4/h17-18,23-26H,5-16,19-22,27H2,1-4H3. The van der Waals surface area contributed by atoms with Crippen molar-refractivity contribution in [3.8, 4) is 0 Å². The van der Waals surface area contributed by atoms with E-state index in [2.05, 4.69) is 73.9 Å². The number of anilines is 2. The minimum atomic E-state index is 0.666. The van der Waals surface area contributed by atoms with Gasteiger partial charge in [0, 0.05) is 0 Å². The number of benzene rings is 2. The minimum Gasteiger partial charge on any atom is -0.310 e. The summed E-state index contributed by atoms with van der Waals surface area (Å²) in [5.41, 5.74) is 8.21. The van der Waals surface area contributed by atoms with Crippen LogP contribution in [0.3, 0.4) is 0 Å². The van der Waals surface area contributed by atoms with Gasteiger partial charge >= 0.3 is 0 Å². The normalized spacial score (nSPS) is 13.7. The van der Waals surface area contributed by atoms with Crippen LogP contribution in [0.5, 0.6) is 0 Å². The average Bonchev–Trinajstić information content (AvgIpc) is 3.23. The van der Waals surface area contributed by atoms with Gasteiger partial charge in [-0.1, -0.05) is 139 Å². The van der Waals surface area contributed by atoms with Gasteiger partial charge in [0.1, 0.15) is 17.0 Å². The smallest absolute Gasteiger partial charge is 0.146 e. The van der Waals surface area contributed by atoms with E-state index in [4.69, 9.17) is 23.2 Å². The first-order valence-corrected chi connectivity index (χ1v) is 16.6. The maximum absolute atomic E-state index is 7.16. The summed E-state index contributed by atoms with van der Waals surface area (Å²) in [6.45, 7) is 9.77. The summed E-state index contributed by atoms with van der Waals surface area (Å²) in [5, 5.41) is 1.33. The van der Waals surface area contributed by atoms with Crippen molar-refractivity contribution in [2.45, 2.75) is 130 Å². The van der Waals surface area contributed by atoms with Crippen LogP contribution in [0, 0.1) is 0 Å². The van der Waals surface area contributed by atoms with Crippen molar-refractivity contribution in [1.29, 1.82) is 0 Å². The van der Waals surface area contributed by atoms with Crippen molar-refractivity contribution >= 4 is 34.6 Å². The molecule has 1 heterocycles. The van der Waals surface area contributed by atoms with E-state index in [1.54, 1.807) is 0 Å². The van der Waals surface area contributed by atoms with Crippen LogP contribution in [0.1, 0.15) is 127 Å². The summed E-state index contributed by atoms with van der Waals surface area (Å²) < 4.78 is 0. The molecule has 3 rings (SSSR count). The van der Waals surface area contributed by atoms with Gasteiger partial charge in [0.2, 0.25) is 0 Å². The Morgan fingerprint density at radius 1 is 0.487 bits per heavy atom. The van der Waals surface area contributed by atoms with Crippen LogP contribution < -0.4 is 9.80 Å². The van der Waals surface area contributed by atoms with Gasteiger partial charge in [-0.15, -0.1) is 0 Å². The molecule has 1 aliphatic heterocycles. The first-order valence-electron chi connectivity index (χ1n) is 15.9. The van der Waals surface area contributed by atoms with Gasteiger partial charge in [0.15, 0.2) is 0 Å². The van der Waals surface area contributed by atoms with Crippen molar-refractivity contribution in [3.05, 3.63) is 69.0 Å². The van der Waals surface area contributed by atoms with Crippen LogP contribution in [-0.2, 0) is 25.7 Å². The second-order valence-electron chi connectivity index (χ2n) is 11.3. The molecule has 2 aromatic rings. The van der Waals surface area contributed by atoms with Crippen molar-refractivity contribution in [2.75, 3.05) is 16.5 Å². The van der Waals surface area contributed by atoms with Crippen LogP contribution in [0.15, 0.2) is 46.7 Å². The molecular formula is C35H52Cl2N2.